The smallest absolute Gasteiger partial charge is 0.414 e. The van der Waals surface area contributed by atoms with Crippen LogP contribution in [0.1, 0.15) is 24.0 Å². The monoisotopic (exact) mass is 385 g/mol. The lowest BCUT2D eigenvalue weighted by Gasteiger charge is -2.44. The van der Waals surface area contributed by atoms with Crippen LogP contribution in [0.25, 0.3) is 0 Å². The highest BCUT2D eigenvalue weighted by Crippen LogP contribution is 2.37. The van der Waals surface area contributed by atoms with E-state index in [1.807, 2.05) is 12.1 Å². The third kappa shape index (κ3) is 5.09. The first-order chi connectivity index (χ1) is 13.5. The molecule has 2 aliphatic rings. The fourth-order valence-corrected chi connectivity index (χ4v) is 3.30. The number of carboxylic acids is 2. The van der Waals surface area contributed by atoms with Crippen molar-refractivity contribution in [3.05, 3.63) is 65.7 Å². The molecule has 7 nitrogen and oxygen atoms in total. The average Bonchev–Trinajstić information content (AvgIpc) is 2.71. The molecule has 1 saturated heterocycles. The molecule has 2 aliphatic heterocycles. The topological polar surface area (TPSA) is 96.3 Å². The van der Waals surface area contributed by atoms with Gasteiger partial charge in [-0.1, -0.05) is 48.5 Å². The quantitative estimate of drug-likeness (QED) is 0.767. The van der Waals surface area contributed by atoms with Gasteiger partial charge < -0.3 is 19.7 Å². The minimum Gasteiger partial charge on any atom is -0.473 e. The molecule has 0 aliphatic carbocycles. The number of hydrogen-bond donors (Lipinski definition) is 2. The van der Waals surface area contributed by atoms with E-state index in [1.165, 1.54) is 5.56 Å². The molecule has 0 unspecified atom stereocenters. The van der Waals surface area contributed by atoms with Gasteiger partial charge in [0.2, 0.25) is 5.79 Å². The molecular formula is C21H23NO6. The van der Waals surface area contributed by atoms with Crippen LogP contribution < -0.4 is 4.74 Å². The Kier molecular flexibility index (Phi) is 6.28. The molecule has 2 heterocycles. The Morgan fingerprint density at radius 2 is 1.54 bits per heavy atom. The van der Waals surface area contributed by atoms with Crippen LogP contribution in [-0.4, -0.2) is 45.9 Å². The molecule has 0 bridgehead atoms. The third-order valence-corrected chi connectivity index (χ3v) is 4.81. The van der Waals surface area contributed by atoms with Gasteiger partial charge in [0.25, 0.3) is 0 Å². The molecule has 0 atom stereocenters. The largest absolute Gasteiger partial charge is 0.473 e. The summed E-state index contributed by atoms with van der Waals surface area (Å²) in [6.45, 7) is 3.69. The maximum Gasteiger partial charge on any atom is 0.414 e. The Labute approximate surface area is 163 Å². The van der Waals surface area contributed by atoms with E-state index >= 15 is 0 Å². The number of ether oxygens (including phenoxy) is 2. The van der Waals surface area contributed by atoms with Crippen LogP contribution in [0.4, 0.5) is 0 Å². The summed E-state index contributed by atoms with van der Waals surface area (Å²) in [5.74, 6) is -3.07. The molecule has 0 amide bonds. The number of fused-ring (bicyclic) bond motifs is 1. The summed E-state index contributed by atoms with van der Waals surface area (Å²) in [5, 5.41) is 14.8. The van der Waals surface area contributed by atoms with Gasteiger partial charge in [-0.05, 0) is 11.6 Å². The molecular weight excluding hydrogens is 362 g/mol. The molecule has 0 aromatic heterocycles. The number of piperidine rings is 1. The number of hydrogen-bond acceptors (Lipinski definition) is 5. The molecule has 0 radical (unpaired) electrons. The SMILES string of the molecule is O=C(O)C(=O)O.c1ccc(CN2CCC3(CC2)OCc2ccccc2O3)cc1. The first-order valence-electron chi connectivity index (χ1n) is 9.11. The Morgan fingerprint density at radius 1 is 0.929 bits per heavy atom. The summed E-state index contributed by atoms with van der Waals surface area (Å²) in [7, 11) is 0. The number of carboxylic acid groups (broad SMARTS) is 2. The molecule has 148 valence electrons. The zero-order valence-electron chi connectivity index (χ0n) is 15.4. The van der Waals surface area contributed by atoms with E-state index in [2.05, 4.69) is 47.4 Å². The minimum atomic E-state index is -1.82. The maximum atomic E-state index is 9.10. The number of likely N-dealkylation sites (tertiary alicyclic amines) is 1. The lowest BCUT2D eigenvalue weighted by atomic mass is 10.0. The highest BCUT2D eigenvalue weighted by Gasteiger charge is 2.40. The number of aliphatic carboxylic acids is 2. The number of rotatable bonds is 2. The van der Waals surface area contributed by atoms with E-state index in [-0.39, 0.29) is 0 Å². The Morgan fingerprint density at radius 3 is 2.18 bits per heavy atom. The molecule has 2 aromatic carbocycles. The Bertz CT molecular complexity index is 803. The second-order valence-electron chi connectivity index (χ2n) is 6.78. The summed E-state index contributed by atoms with van der Waals surface area (Å²) in [4.78, 5) is 20.7. The standard InChI is InChI=1S/C19H21NO2.C2H2O4/c1-2-6-16(7-3-1)14-20-12-10-19(11-13-20)21-15-17-8-4-5-9-18(17)22-19;3-1(4)2(5)6/h1-9H,10-15H2;(H,3,4)(H,5,6). The van der Waals surface area contributed by atoms with Crippen LogP contribution in [0, 0.1) is 0 Å². The van der Waals surface area contributed by atoms with Gasteiger partial charge in [-0.3, -0.25) is 4.90 Å². The third-order valence-electron chi connectivity index (χ3n) is 4.81. The van der Waals surface area contributed by atoms with Gasteiger partial charge in [-0.2, -0.15) is 0 Å². The average molecular weight is 385 g/mol. The van der Waals surface area contributed by atoms with E-state index in [4.69, 9.17) is 29.3 Å². The van der Waals surface area contributed by atoms with Crippen molar-refractivity contribution in [2.45, 2.75) is 31.8 Å². The zero-order valence-corrected chi connectivity index (χ0v) is 15.4. The molecule has 1 fully saturated rings. The van der Waals surface area contributed by atoms with Gasteiger partial charge in [0.15, 0.2) is 0 Å². The van der Waals surface area contributed by atoms with Crippen molar-refractivity contribution in [3.8, 4) is 5.75 Å². The number of carbonyl (C=O) groups is 2. The summed E-state index contributed by atoms with van der Waals surface area (Å²) in [6, 6.07) is 18.8. The highest BCUT2D eigenvalue weighted by molar-refractivity contribution is 6.27. The number of benzene rings is 2. The zero-order chi connectivity index (χ0) is 20.0. The predicted molar refractivity (Wildman–Crippen MR) is 101 cm³/mol. The van der Waals surface area contributed by atoms with Crippen molar-refractivity contribution in [1.82, 2.24) is 4.90 Å². The van der Waals surface area contributed by atoms with Gasteiger partial charge in [-0.25, -0.2) is 9.59 Å². The molecule has 2 N–H and O–H groups in total. The van der Waals surface area contributed by atoms with Crippen LogP contribution in [0.2, 0.25) is 0 Å². The van der Waals surface area contributed by atoms with Crippen molar-refractivity contribution in [2.24, 2.45) is 0 Å². The molecule has 4 rings (SSSR count). The highest BCUT2D eigenvalue weighted by atomic mass is 16.7. The van der Waals surface area contributed by atoms with Crippen molar-refractivity contribution >= 4 is 11.9 Å². The van der Waals surface area contributed by atoms with E-state index in [9.17, 15) is 0 Å². The molecule has 0 saturated carbocycles. The van der Waals surface area contributed by atoms with Crippen LogP contribution in [-0.2, 0) is 27.5 Å². The Hall–Kier alpha value is -2.90. The maximum absolute atomic E-state index is 9.10. The van der Waals surface area contributed by atoms with E-state index in [0.717, 1.165) is 43.8 Å². The van der Waals surface area contributed by atoms with Crippen LogP contribution in [0.3, 0.4) is 0 Å². The Balaban J connectivity index is 0.000000330. The van der Waals surface area contributed by atoms with E-state index < -0.39 is 17.7 Å². The summed E-state index contributed by atoms with van der Waals surface area (Å²) in [6.07, 6.45) is 1.85. The van der Waals surface area contributed by atoms with Gasteiger partial charge in [0, 0.05) is 38.0 Å². The van der Waals surface area contributed by atoms with Crippen LogP contribution >= 0.6 is 0 Å². The molecule has 2 aromatic rings. The van der Waals surface area contributed by atoms with Crippen molar-refractivity contribution in [3.63, 3.8) is 0 Å². The molecule has 1 spiro atoms. The van der Waals surface area contributed by atoms with Crippen molar-refractivity contribution < 1.29 is 29.3 Å². The first kappa shape index (κ1) is 19.9. The van der Waals surface area contributed by atoms with Crippen LogP contribution in [0.5, 0.6) is 5.75 Å². The van der Waals surface area contributed by atoms with Gasteiger partial charge in [-0.15, -0.1) is 0 Å². The van der Waals surface area contributed by atoms with Gasteiger partial charge in [0.05, 0.1) is 6.61 Å². The lowest BCUT2D eigenvalue weighted by molar-refractivity contribution is -0.228. The number of nitrogens with zero attached hydrogens (tertiary/aromatic N) is 1. The van der Waals surface area contributed by atoms with Gasteiger partial charge >= 0.3 is 11.9 Å². The normalized spacial score (nSPS) is 17.6. The first-order valence-corrected chi connectivity index (χ1v) is 9.11. The molecule has 28 heavy (non-hydrogen) atoms. The minimum absolute atomic E-state index is 0.415. The molecule has 7 heteroatoms. The number of para-hydroxylation sites is 1. The van der Waals surface area contributed by atoms with Gasteiger partial charge in [0.1, 0.15) is 5.75 Å². The van der Waals surface area contributed by atoms with E-state index in [0.29, 0.717) is 6.61 Å². The van der Waals surface area contributed by atoms with Crippen molar-refractivity contribution in [1.29, 1.82) is 0 Å². The predicted octanol–water partition coefficient (Wildman–Crippen LogP) is 2.74. The summed E-state index contributed by atoms with van der Waals surface area (Å²) in [5.41, 5.74) is 2.52. The lowest BCUT2D eigenvalue weighted by Crippen LogP contribution is -2.51. The summed E-state index contributed by atoms with van der Waals surface area (Å²) >= 11 is 0. The second-order valence-corrected chi connectivity index (χ2v) is 6.78. The van der Waals surface area contributed by atoms with Crippen LogP contribution in [0.15, 0.2) is 54.6 Å². The van der Waals surface area contributed by atoms with E-state index in [1.54, 1.807) is 0 Å². The second kappa shape index (κ2) is 8.86. The fourth-order valence-electron chi connectivity index (χ4n) is 3.30. The van der Waals surface area contributed by atoms with Crippen molar-refractivity contribution in [2.75, 3.05) is 13.1 Å². The fraction of sp³-hybridized carbons (Fsp3) is 0.333. The summed E-state index contributed by atoms with van der Waals surface area (Å²) < 4.78 is 12.3.